The molecule has 9 heteroatoms. The van der Waals surface area contributed by atoms with Gasteiger partial charge in [0.15, 0.2) is 0 Å². The van der Waals surface area contributed by atoms with Crippen molar-refractivity contribution < 1.29 is 4.92 Å². The van der Waals surface area contributed by atoms with E-state index in [0.717, 1.165) is 25.5 Å². The van der Waals surface area contributed by atoms with Crippen LogP contribution in [0.5, 0.6) is 0 Å². The number of hydrogen-bond donors (Lipinski definition) is 1. The molecule has 9 nitrogen and oxygen atoms in total. The number of rotatable bonds is 4. The van der Waals surface area contributed by atoms with Crippen molar-refractivity contribution in [1.29, 1.82) is 0 Å². The minimum atomic E-state index is -0.443. The third kappa shape index (κ3) is 4.30. The topological polar surface area (TPSA) is 100 Å². The van der Waals surface area contributed by atoms with E-state index in [2.05, 4.69) is 57.8 Å². The van der Waals surface area contributed by atoms with Gasteiger partial charge in [0.05, 0.1) is 4.92 Å². The first-order chi connectivity index (χ1) is 12.8. The quantitative estimate of drug-likeness (QED) is 0.647. The van der Waals surface area contributed by atoms with Gasteiger partial charge in [-0.1, -0.05) is 0 Å². The van der Waals surface area contributed by atoms with Crippen molar-refractivity contribution in [3.63, 3.8) is 0 Å². The number of aromatic nitrogens is 3. The van der Waals surface area contributed by atoms with Crippen molar-refractivity contribution in [2.45, 2.75) is 39.3 Å². The molecule has 0 amide bonds. The summed E-state index contributed by atoms with van der Waals surface area (Å²) in [4.78, 5) is 28.0. The fourth-order valence-electron chi connectivity index (χ4n) is 3.23. The summed E-state index contributed by atoms with van der Waals surface area (Å²) in [6.07, 6.45) is 2.95. The first kappa shape index (κ1) is 19.0. The highest BCUT2D eigenvalue weighted by molar-refractivity contribution is 5.66. The van der Waals surface area contributed by atoms with Crippen molar-refractivity contribution in [2.75, 3.05) is 29.9 Å². The van der Waals surface area contributed by atoms with E-state index < -0.39 is 4.92 Å². The zero-order chi connectivity index (χ0) is 19.6. The smallest absolute Gasteiger partial charge is 0.311 e. The molecule has 0 unspecified atom stereocenters. The van der Waals surface area contributed by atoms with Gasteiger partial charge in [-0.2, -0.15) is 0 Å². The van der Waals surface area contributed by atoms with E-state index in [-0.39, 0.29) is 23.1 Å². The van der Waals surface area contributed by atoms with E-state index in [4.69, 9.17) is 0 Å². The molecule has 3 rings (SSSR count). The second-order valence-corrected chi connectivity index (χ2v) is 7.67. The first-order valence-corrected chi connectivity index (χ1v) is 8.96. The Morgan fingerprint density at radius 2 is 2.04 bits per heavy atom. The lowest BCUT2D eigenvalue weighted by Gasteiger charge is -2.46. The van der Waals surface area contributed by atoms with Crippen LogP contribution in [0.25, 0.3) is 0 Å². The molecule has 1 aliphatic heterocycles. The minimum absolute atomic E-state index is 0.0849. The number of nitro groups is 1. The van der Waals surface area contributed by atoms with E-state index in [1.807, 2.05) is 0 Å². The van der Waals surface area contributed by atoms with Gasteiger partial charge in [0, 0.05) is 43.5 Å². The molecule has 1 fully saturated rings. The molecule has 2 aromatic rings. The lowest BCUT2D eigenvalue weighted by molar-refractivity contribution is -0.384. The Kier molecular flexibility index (Phi) is 5.22. The van der Waals surface area contributed by atoms with Gasteiger partial charge >= 0.3 is 5.69 Å². The van der Waals surface area contributed by atoms with Crippen LogP contribution < -0.4 is 10.2 Å². The van der Waals surface area contributed by atoms with Crippen LogP contribution in [0.3, 0.4) is 0 Å². The van der Waals surface area contributed by atoms with Crippen LogP contribution in [0.15, 0.2) is 30.7 Å². The number of hydrogen-bond acceptors (Lipinski definition) is 8. The maximum Gasteiger partial charge on any atom is 0.311 e. The second-order valence-electron chi connectivity index (χ2n) is 7.67. The summed E-state index contributed by atoms with van der Waals surface area (Å²) < 4.78 is 0. The predicted molar refractivity (Wildman–Crippen MR) is 104 cm³/mol. The lowest BCUT2D eigenvalue weighted by atomic mass is 10.0. The van der Waals surface area contributed by atoms with Crippen LogP contribution in [-0.2, 0) is 0 Å². The van der Waals surface area contributed by atoms with Crippen LogP contribution in [0.1, 0.15) is 27.7 Å². The van der Waals surface area contributed by atoms with Crippen molar-refractivity contribution in [1.82, 2.24) is 19.9 Å². The summed E-state index contributed by atoms with van der Waals surface area (Å²) >= 11 is 0. The third-order valence-electron chi connectivity index (χ3n) is 4.75. The molecule has 1 N–H and O–H groups in total. The predicted octanol–water partition coefficient (Wildman–Crippen LogP) is 2.83. The van der Waals surface area contributed by atoms with Gasteiger partial charge in [0.25, 0.3) is 0 Å². The van der Waals surface area contributed by atoms with Crippen LogP contribution >= 0.6 is 0 Å². The molecular formula is C18H25N7O2. The van der Waals surface area contributed by atoms with E-state index in [1.165, 1.54) is 12.4 Å². The van der Waals surface area contributed by atoms with Gasteiger partial charge in [0.2, 0.25) is 5.82 Å². The summed E-state index contributed by atoms with van der Waals surface area (Å²) in [5.74, 6) is 1.36. The van der Waals surface area contributed by atoms with Gasteiger partial charge in [-0.3, -0.25) is 15.0 Å². The summed E-state index contributed by atoms with van der Waals surface area (Å²) in [7, 11) is 0. The molecule has 0 aromatic carbocycles. The van der Waals surface area contributed by atoms with Crippen molar-refractivity contribution >= 4 is 23.1 Å². The second kappa shape index (κ2) is 7.43. The number of nitrogens with one attached hydrogen (secondary N) is 1. The van der Waals surface area contributed by atoms with Crippen molar-refractivity contribution in [3.8, 4) is 0 Å². The van der Waals surface area contributed by atoms with Crippen molar-refractivity contribution in [3.05, 3.63) is 40.8 Å². The van der Waals surface area contributed by atoms with Crippen LogP contribution in [0, 0.1) is 10.1 Å². The maximum atomic E-state index is 11.4. The van der Waals surface area contributed by atoms with E-state index >= 15 is 0 Å². The van der Waals surface area contributed by atoms with Crippen LogP contribution in [0.4, 0.5) is 23.1 Å². The highest BCUT2D eigenvalue weighted by Gasteiger charge is 2.31. The monoisotopic (exact) mass is 371 g/mol. The molecule has 0 bridgehead atoms. The van der Waals surface area contributed by atoms with Gasteiger partial charge in [0.1, 0.15) is 18.0 Å². The Morgan fingerprint density at radius 1 is 1.26 bits per heavy atom. The van der Waals surface area contributed by atoms with Crippen LogP contribution in [0.2, 0.25) is 0 Å². The zero-order valence-electron chi connectivity index (χ0n) is 16.1. The van der Waals surface area contributed by atoms with Gasteiger partial charge in [-0.05, 0) is 39.8 Å². The normalized spacial score (nSPS) is 18.4. The lowest BCUT2D eigenvalue weighted by Crippen LogP contribution is -2.57. The van der Waals surface area contributed by atoms with Gasteiger partial charge < -0.3 is 10.2 Å². The summed E-state index contributed by atoms with van der Waals surface area (Å²) in [6, 6.07) is 5.10. The number of nitrogens with zero attached hydrogens (tertiary/aromatic N) is 6. The van der Waals surface area contributed by atoms with Crippen LogP contribution in [-0.4, -0.2) is 56.0 Å². The minimum Gasteiger partial charge on any atom is -0.351 e. The third-order valence-corrected chi connectivity index (χ3v) is 4.75. The fraction of sp³-hybridized carbons (Fsp3) is 0.500. The average molecular weight is 371 g/mol. The van der Waals surface area contributed by atoms with Gasteiger partial charge in [-0.25, -0.2) is 15.0 Å². The zero-order valence-corrected chi connectivity index (χ0v) is 16.1. The Balaban J connectivity index is 1.86. The highest BCUT2D eigenvalue weighted by atomic mass is 16.6. The summed E-state index contributed by atoms with van der Waals surface area (Å²) in [5, 5.41) is 14.3. The van der Waals surface area contributed by atoms with E-state index in [0.29, 0.717) is 5.82 Å². The first-order valence-electron chi connectivity index (χ1n) is 8.96. The number of anilines is 3. The Hall–Kier alpha value is -2.81. The molecule has 0 radical (unpaired) electrons. The molecular weight excluding hydrogens is 346 g/mol. The van der Waals surface area contributed by atoms with Crippen molar-refractivity contribution in [2.24, 2.45) is 0 Å². The molecule has 0 aliphatic carbocycles. The summed E-state index contributed by atoms with van der Waals surface area (Å²) in [5.41, 5.74) is 0.0292. The maximum absolute atomic E-state index is 11.4. The Labute approximate surface area is 158 Å². The fourth-order valence-corrected chi connectivity index (χ4v) is 3.23. The number of piperazine rings is 1. The molecule has 1 saturated heterocycles. The SMILES string of the molecule is C[C@@H]1CN(C(C)(C)C)CCN1c1ccc([N+](=O)[O-])c(Nc2ccncn2)n1. The van der Waals surface area contributed by atoms with E-state index in [9.17, 15) is 10.1 Å². The molecule has 27 heavy (non-hydrogen) atoms. The number of pyridine rings is 1. The molecule has 1 atom stereocenters. The Morgan fingerprint density at radius 3 is 2.63 bits per heavy atom. The molecule has 144 valence electrons. The molecule has 0 saturated carbocycles. The standard InChI is InChI=1S/C18H25N7O2/c1-13-11-23(18(2,3)4)9-10-24(13)16-6-5-14(25(26)27)17(22-16)21-15-7-8-19-12-20-15/h5-8,12-13H,9-11H2,1-4H3,(H,19,20,21,22)/t13-/m1/s1. The molecule has 2 aromatic heterocycles. The van der Waals surface area contributed by atoms with Gasteiger partial charge in [-0.15, -0.1) is 0 Å². The Bertz CT molecular complexity index is 807. The molecule has 0 spiro atoms. The largest absolute Gasteiger partial charge is 0.351 e. The summed E-state index contributed by atoms with van der Waals surface area (Å²) in [6.45, 7) is 11.4. The average Bonchev–Trinajstić information content (AvgIpc) is 2.61. The molecule has 1 aliphatic rings. The highest BCUT2D eigenvalue weighted by Crippen LogP contribution is 2.30. The molecule has 3 heterocycles. The van der Waals surface area contributed by atoms with E-state index in [1.54, 1.807) is 18.3 Å².